The van der Waals surface area contributed by atoms with Gasteiger partial charge in [-0.25, -0.2) is 4.98 Å². The first-order chi connectivity index (χ1) is 4.88. The first-order valence-corrected chi connectivity index (χ1v) is 3.19. The van der Waals surface area contributed by atoms with Crippen molar-refractivity contribution in [2.75, 3.05) is 0 Å². The van der Waals surface area contributed by atoms with Gasteiger partial charge in [-0.15, -0.1) is 0 Å². The Balaban J connectivity index is 2.93. The van der Waals surface area contributed by atoms with Gasteiger partial charge in [0, 0.05) is 6.20 Å². The van der Waals surface area contributed by atoms with E-state index in [-0.39, 0.29) is 0 Å². The zero-order chi connectivity index (χ0) is 6.97. The fourth-order valence-electron chi connectivity index (χ4n) is 1.03. The predicted molar refractivity (Wildman–Crippen MR) is 39.7 cm³/mol. The number of aromatic nitrogens is 2. The number of aryl methyl sites for hydroxylation is 1. The van der Waals surface area contributed by atoms with Crippen molar-refractivity contribution in [2.24, 2.45) is 0 Å². The van der Waals surface area contributed by atoms with Crippen LogP contribution in [0.5, 0.6) is 0 Å². The van der Waals surface area contributed by atoms with Crippen molar-refractivity contribution in [1.29, 1.82) is 0 Å². The van der Waals surface area contributed by atoms with Crippen LogP contribution < -0.4 is 0 Å². The van der Waals surface area contributed by atoms with E-state index in [2.05, 4.69) is 16.2 Å². The third-order valence-corrected chi connectivity index (χ3v) is 1.57. The summed E-state index contributed by atoms with van der Waals surface area (Å²) in [4.78, 5) is 7.19. The largest absolute Gasteiger partial charge is 0.360 e. The number of nitrogens with zero attached hydrogens (tertiary/aromatic N) is 1. The summed E-state index contributed by atoms with van der Waals surface area (Å²) < 4.78 is 0. The number of pyridine rings is 1. The van der Waals surface area contributed by atoms with Crippen LogP contribution in [0.25, 0.3) is 11.0 Å². The lowest BCUT2D eigenvalue weighted by Crippen LogP contribution is -1.73. The van der Waals surface area contributed by atoms with Crippen LogP contribution in [0, 0.1) is 13.1 Å². The molecule has 49 valence electrons. The summed E-state index contributed by atoms with van der Waals surface area (Å²) >= 11 is 0. The smallest absolute Gasteiger partial charge is 0.0916 e. The van der Waals surface area contributed by atoms with Gasteiger partial charge >= 0.3 is 0 Å². The maximum Gasteiger partial charge on any atom is 0.0916 e. The number of H-pyrrole nitrogens is 1. The van der Waals surface area contributed by atoms with Crippen LogP contribution in [0.15, 0.2) is 18.3 Å². The van der Waals surface area contributed by atoms with Gasteiger partial charge in [0.05, 0.1) is 17.2 Å². The van der Waals surface area contributed by atoms with Gasteiger partial charge in [-0.1, -0.05) is 0 Å². The van der Waals surface area contributed by atoms with Crippen molar-refractivity contribution in [3.8, 4) is 0 Å². The van der Waals surface area contributed by atoms with Crippen LogP contribution >= 0.6 is 0 Å². The van der Waals surface area contributed by atoms with Crippen molar-refractivity contribution >= 4 is 11.0 Å². The van der Waals surface area contributed by atoms with Crippen LogP contribution in [0.4, 0.5) is 0 Å². The normalized spacial score (nSPS) is 10.5. The highest BCUT2D eigenvalue weighted by Gasteiger charge is 1.96. The van der Waals surface area contributed by atoms with E-state index in [0.29, 0.717) is 0 Å². The Morgan fingerprint density at radius 3 is 3.30 bits per heavy atom. The highest BCUT2D eigenvalue weighted by Crippen LogP contribution is 2.12. The summed E-state index contributed by atoms with van der Waals surface area (Å²) in [5.41, 5.74) is 3.27. The molecule has 0 aliphatic carbocycles. The lowest BCUT2D eigenvalue weighted by Gasteiger charge is -1.85. The van der Waals surface area contributed by atoms with E-state index in [9.17, 15) is 0 Å². The number of aromatic amines is 1. The first kappa shape index (κ1) is 5.47. The van der Waals surface area contributed by atoms with Crippen LogP contribution in [0.3, 0.4) is 0 Å². The molecule has 0 aromatic carbocycles. The highest BCUT2D eigenvalue weighted by atomic mass is 14.8. The Labute approximate surface area is 58.9 Å². The minimum atomic E-state index is 1.02. The molecule has 0 saturated carbocycles. The number of nitrogens with one attached hydrogen (secondary N) is 1. The van der Waals surface area contributed by atoms with Crippen molar-refractivity contribution in [3.63, 3.8) is 0 Å². The summed E-state index contributed by atoms with van der Waals surface area (Å²) in [5, 5.41) is 0. The molecule has 2 aromatic rings. The lowest BCUT2D eigenvalue weighted by molar-refractivity contribution is 1.38. The van der Waals surface area contributed by atoms with Crippen molar-refractivity contribution < 1.29 is 0 Å². The maximum atomic E-state index is 4.08. The SMILES string of the molecule is Cc1c[nH]c2cc[c]nc12. The second kappa shape index (κ2) is 1.84. The molecule has 1 radical (unpaired) electrons. The number of hydrogen-bond acceptors (Lipinski definition) is 1. The number of rotatable bonds is 0. The summed E-state index contributed by atoms with van der Waals surface area (Å²) in [6.07, 6.45) is 4.74. The van der Waals surface area contributed by atoms with Crippen molar-refractivity contribution in [3.05, 3.63) is 30.1 Å². The topological polar surface area (TPSA) is 28.7 Å². The maximum absolute atomic E-state index is 4.08. The summed E-state index contributed by atoms with van der Waals surface area (Å²) in [7, 11) is 0. The Morgan fingerprint density at radius 2 is 2.50 bits per heavy atom. The highest BCUT2D eigenvalue weighted by molar-refractivity contribution is 5.77. The molecule has 2 nitrogen and oxygen atoms in total. The van der Waals surface area contributed by atoms with E-state index in [1.165, 1.54) is 5.56 Å². The van der Waals surface area contributed by atoms with Gasteiger partial charge < -0.3 is 4.98 Å². The van der Waals surface area contributed by atoms with Gasteiger partial charge in [-0.05, 0) is 24.6 Å². The summed E-state index contributed by atoms with van der Waals surface area (Å²) in [5.74, 6) is 0. The van der Waals surface area contributed by atoms with E-state index >= 15 is 0 Å². The molecular weight excluding hydrogens is 124 g/mol. The molecule has 0 aliphatic heterocycles. The molecule has 2 aromatic heterocycles. The molecule has 2 rings (SSSR count). The molecule has 0 amide bonds. The van der Waals surface area contributed by atoms with Gasteiger partial charge in [0.15, 0.2) is 0 Å². The molecule has 0 fully saturated rings. The zero-order valence-corrected chi connectivity index (χ0v) is 5.68. The Bertz CT molecular complexity index is 349. The Morgan fingerprint density at radius 1 is 1.60 bits per heavy atom. The molecule has 2 heterocycles. The molecule has 0 atom stereocenters. The van der Waals surface area contributed by atoms with E-state index < -0.39 is 0 Å². The third-order valence-electron chi connectivity index (χ3n) is 1.57. The van der Waals surface area contributed by atoms with E-state index in [1.54, 1.807) is 6.07 Å². The van der Waals surface area contributed by atoms with Crippen LogP contribution in [-0.4, -0.2) is 9.97 Å². The molecule has 1 N–H and O–H groups in total. The Hall–Kier alpha value is -1.31. The van der Waals surface area contributed by atoms with Gasteiger partial charge in [0.2, 0.25) is 0 Å². The molecular formula is C8H7N2. The minimum absolute atomic E-state index is 1.02. The van der Waals surface area contributed by atoms with Gasteiger partial charge in [-0.3, -0.25) is 0 Å². The van der Waals surface area contributed by atoms with Crippen LogP contribution in [0.2, 0.25) is 0 Å². The van der Waals surface area contributed by atoms with Gasteiger partial charge in [0.25, 0.3) is 0 Å². The lowest BCUT2D eigenvalue weighted by atomic mass is 10.3. The number of fused-ring (bicyclic) bond motifs is 1. The average molecular weight is 131 g/mol. The van der Waals surface area contributed by atoms with Crippen LogP contribution in [-0.2, 0) is 0 Å². The summed E-state index contributed by atoms with van der Waals surface area (Å²) in [6, 6.07) is 3.77. The zero-order valence-electron chi connectivity index (χ0n) is 5.68. The van der Waals surface area contributed by atoms with E-state index in [1.807, 2.05) is 19.2 Å². The monoisotopic (exact) mass is 131 g/mol. The third kappa shape index (κ3) is 0.620. The molecule has 0 aliphatic rings. The second-order valence-electron chi connectivity index (χ2n) is 2.31. The van der Waals surface area contributed by atoms with Gasteiger partial charge in [0.1, 0.15) is 0 Å². The number of hydrogen-bond donors (Lipinski definition) is 1. The standard InChI is InChI=1S/C8H7N2/c1-6-5-10-7-3-2-4-9-8(6)7/h2-3,5,10H,1H3. The van der Waals surface area contributed by atoms with Crippen molar-refractivity contribution in [1.82, 2.24) is 9.97 Å². The fourth-order valence-corrected chi connectivity index (χ4v) is 1.03. The van der Waals surface area contributed by atoms with Crippen molar-refractivity contribution in [2.45, 2.75) is 6.92 Å². The molecule has 10 heavy (non-hydrogen) atoms. The fraction of sp³-hybridized carbons (Fsp3) is 0.125. The quantitative estimate of drug-likeness (QED) is 0.578. The Kier molecular flexibility index (Phi) is 1.01. The summed E-state index contributed by atoms with van der Waals surface area (Å²) in [6.45, 7) is 2.03. The second-order valence-corrected chi connectivity index (χ2v) is 2.31. The average Bonchev–Trinajstić information content (AvgIpc) is 2.34. The van der Waals surface area contributed by atoms with Gasteiger partial charge in [-0.2, -0.15) is 0 Å². The minimum Gasteiger partial charge on any atom is -0.360 e. The molecule has 0 unspecified atom stereocenters. The van der Waals surface area contributed by atoms with E-state index in [0.717, 1.165) is 11.0 Å². The molecule has 0 saturated heterocycles. The molecule has 0 bridgehead atoms. The predicted octanol–water partition coefficient (Wildman–Crippen LogP) is 1.67. The van der Waals surface area contributed by atoms with Crippen LogP contribution in [0.1, 0.15) is 5.56 Å². The first-order valence-electron chi connectivity index (χ1n) is 3.19. The molecule has 2 heteroatoms. The van der Waals surface area contributed by atoms with E-state index in [4.69, 9.17) is 0 Å². The molecule has 0 spiro atoms.